The molecule has 0 aliphatic heterocycles. The summed E-state index contributed by atoms with van der Waals surface area (Å²) in [5.74, 6) is 0.906. The smallest absolute Gasteiger partial charge is 0.273 e. The van der Waals surface area contributed by atoms with Crippen LogP contribution in [0.25, 0.3) is 17.3 Å². The lowest BCUT2D eigenvalue weighted by atomic mass is 10.2. The van der Waals surface area contributed by atoms with Crippen molar-refractivity contribution in [3.8, 4) is 29.0 Å². The summed E-state index contributed by atoms with van der Waals surface area (Å²) in [6.07, 6.45) is 1.67. The number of rotatable bonds is 8. The van der Waals surface area contributed by atoms with Crippen molar-refractivity contribution in [2.45, 2.75) is 20.0 Å². The van der Waals surface area contributed by atoms with Crippen LogP contribution in [0, 0.1) is 11.3 Å². The largest absolute Gasteiger partial charge is 0.495 e. The molecule has 0 atom stereocenters. The van der Waals surface area contributed by atoms with E-state index in [0.29, 0.717) is 38.7 Å². The van der Waals surface area contributed by atoms with Crippen LogP contribution >= 0.6 is 11.3 Å². The van der Waals surface area contributed by atoms with Crippen molar-refractivity contribution in [2.75, 3.05) is 19.5 Å². The molecule has 3 aromatic carbocycles. The molecule has 0 aliphatic rings. The van der Waals surface area contributed by atoms with Crippen LogP contribution in [0.3, 0.4) is 0 Å². The highest BCUT2D eigenvalue weighted by Crippen LogP contribution is 2.29. The number of carbonyl (C=O) groups excluding carboxylic acids is 1. The fourth-order valence-electron chi connectivity index (χ4n) is 3.87. The van der Waals surface area contributed by atoms with Gasteiger partial charge in [0, 0.05) is 0 Å². The molecule has 0 aliphatic carbocycles. The number of hydrogen-bond acceptors (Lipinski definition) is 7. The molecule has 0 spiro atoms. The third-order valence-corrected chi connectivity index (χ3v) is 6.69. The standard InChI is InChI=1S/C30H27N3O5S/c1-19(2)38-25-15-14-20(16-26(25)37-4)17-27-29(35)33(21-10-6-5-7-11-21)30(39-27)22(18-31)28(34)32-23-12-8-9-13-24(23)36-3/h5-17,19H,1-4H3,(H,32,34)/b27-17+,30-22-. The number of nitriles is 1. The van der Waals surface area contributed by atoms with Crippen molar-refractivity contribution in [3.05, 3.63) is 97.9 Å². The maximum Gasteiger partial charge on any atom is 0.273 e. The number of amides is 1. The number of anilines is 1. The molecule has 1 aromatic heterocycles. The van der Waals surface area contributed by atoms with E-state index >= 15 is 0 Å². The highest BCUT2D eigenvalue weighted by atomic mass is 32.1. The second-order valence-electron chi connectivity index (χ2n) is 8.61. The molecule has 0 bridgehead atoms. The van der Waals surface area contributed by atoms with Gasteiger partial charge in [0.2, 0.25) is 0 Å². The SMILES string of the molecule is COc1ccccc1NC(=O)/C(C#N)=c1\s/c(=C/c2ccc(OC(C)C)c(OC)c2)c(=O)n1-c1ccccc1. The Morgan fingerprint density at radius 1 is 0.974 bits per heavy atom. The second-order valence-corrected chi connectivity index (χ2v) is 9.64. The van der Waals surface area contributed by atoms with E-state index in [4.69, 9.17) is 14.2 Å². The van der Waals surface area contributed by atoms with E-state index in [-0.39, 0.29) is 21.9 Å². The van der Waals surface area contributed by atoms with Crippen LogP contribution in [-0.2, 0) is 4.79 Å². The van der Waals surface area contributed by atoms with E-state index in [9.17, 15) is 14.9 Å². The van der Waals surface area contributed by atoms with Gasteiger partial charge in [-0.05, 0) is 61.9 Å². The number of ether oxygens (including phenoxy) is 3. The third kappa shape index (κ3) is 6.03. The Morgan fingerprint density at radius 3 is 2.33 bits per heavy atom. The third-order valence-electron chi connectivity index (χ3n) is 5.59. The molecule has 0 saturated carbocycles. The Balaban J connectivity index is 1.91. The molecule has 39 heavy (non-hydrogen) atoms. The number of benzene rings is 3. The van der Waals surface area contributed by atoms with Crippen molar-refractivity contribution in [1.82, 2.24) is 4.57 Å². The van der Waals surface area contributed by atoms with Crippen LogP contribution in [0.4, 0.5) is 5.69 Å². The summed E-state index contributed by atoms with van der Waals surface area (Å²) in [4.78, 5) is 27.0. The van der Waals surface area contributed by atoms with Gasteiger partial charge in [-0.2, -0.15) is 5.26 Å². The first-order valence-corrected chi connectivity index (χ1v) is 12.9. The van der Waals surface area contributed by atoms with E-state index in [1.807, 2.05) is 32.0 Å². The maximum atomic E-state index is 13.7. The fourth-order valence-corrected chi connectivity index (χ4v) is 4.97. The number of methoxy groups -OCH3 is 2. The molecule has 4 rings (SSSR count). The minimum absolute atomic E-state index is 0.0337. The molecule has 0 fully saturated rings. The summed E-state index contributed by atoms with van der Waals surface area (Å²) in [5, 5.41) is 12.8. The number of para-hydroxylation sites is 3. The highest BCUT2D eigenvalue weighted by molar-refractivity contribution is 7.07. The van der Waals surface area contributed by atoms with E-state index in [0.717, 1.165) is 11.3 Å². The number of carbonyl (C=O) groups is 1. The van der Waals surface area contributed by atoms with Crippen molar-refractivity contribution in [1.29, 1.82) is 5.26 Å². The zero-order valence-corrected chi connectivity index (χ0v) is 22.7. The van der Waals surface area contributed by atoms with Gasteiger partial charge in [0.25, 0.3) is 11.5 Å². The predicted octanol–water partition coefficient (Wildman–Crippen LogP) is 3.85. The molecule has 198 valence electrons. The summed E-state index contributed by atoms with van der Waals surface area (Å²) < 4.78 is 18.5. The molecule has 9 heteroatoms. The van der Waals surface area contributed by atoms with Gasteiger partial charge in [-0.25, -0.2) is 0 Å². The summed E-state index contributed by atoms with van der Waals surface area (Å²) in [6.45, 7) is 3.85. The Labute approximate surface area is 229 Å². The summed E-state index contributed by atoms with van der Waals surface area (Å²) >= 11 is 1.06. The van der Waals surface area contributed by atoms with Crippen LogP contribution < -0.4 is 34.3 Å². The zero-order valence-electron chi connectivity index (χ0n) is 21.9. The van der Waals surface area contributed by atoms with Crippen molar-refractivity contribution in [2.24, 2.45) is 0 Å². The first kappa shape index (κ1) is 27.2. The number of nitrogens with zero attached hydrogens (tertiary/aromatic N) is 2. The number of thiazole rings is 1. The van der Waals surface area contributed by atoms with E-state index in [2.05, 4.69) is 5.32 Å². The molecule has 0 unspecified atom stereocenters. The number of hydrogen-bond donors (Lipinski definition) is 1. The number of aromatic nitrogens is 1. The normalized spacial score (nSPS) is 12.1. The lowest BCUT2D eigenvalue weighted by Gasteiger charge is -2.13. The van der Waals surface area contributed by atoms with Gasteiger partial charge >= 0.3 is 0 Å². The van der Waals surface area contributed by atoms with Gasteiger partial charge in [0.1, 0.15) is 16.5 Å². The first-order valence-electron chi connectivity index (χ1n) is 12.1. The lowest BCUT2D eigenvalue weighted by Crippen LogP contribution is -2.32. The van der Waals surface area contributed by atoms with Crippen LogP contribution in [0.1, 0.15) is 19.4 Å². The number of nitrogens with one attached hydrogen (secondary N) is 1. The molecule has 4 aromatic rings. The van der Waals surface area contributed by atoms with E-state index in [1.165, 1.54) is 11.7 Å². The van der Waals surface area contributed by atoms with Crippen molar-refractivity contribution >= 4 is 34.6 Å². The van der Waals surface area contributed by atoms with Gasteiger partial charge in [-0.3, -0.25) is 14.2 Å². The molecule has 1 heterocycles. The quantitative estimate of drug-likeness (QED) is 0.364. The van der Waals surface area contributed by atoms with Crippen molar-refractivity contribution < 1.29 is 19.0 Å². The minimum atomic E-state index is -0.656. The van der Waals surface area contributed by atoms with E-state index in [1.54, 1.807) is 73.8 Å². The molecule has 8 nitrogen and oxygen atoms in total. The average Bonchev–Trinajstić information content (AvgIpc) is 3.25. The maximum absolute atomic E-state index is 13.7. The minimum Gasteiger partial charge on any atom is -0.495 e. The zero-order chi connectivity index (χ0) is 27.9. The van der Waals surface area contributed by atoms with Gasteiger partial charge < -0.3 is 19.5 Å². The Kier molecular flexibility index (Phi) is 8.49. The monoisotopic (exact) mass is 541 g/mol. The topological polar surface area (TPSA) is 103 Å². The summed E-state index contributed by atoms with van der Waals surface area (Å²) in [7, 11) is 3.04. The van der Waals surface area contributed by atoms with E-state index < -0.39 is 5.91 Å². The van der Waals surface area contributed by atoms with Crippen LogP contribution in [0.2, 0.25) is 0 Å². The summed E-state index contributed by atoms with van der Waals surface area (Å²) in [6, 6.07) is 23.1. The highest BCUT2D eigenvalue weighted by Gasteiger charge is 2.18. The Bertz CT molecular complexity index is 1720. The molecule has 0 saturated heterocycles. The Hall–Kier alpha value is -4.81. The molecular weight excluding hydrogens is 514 g/mol. The molecule has 0 radical (unpaired) electrons. The molecule has 1 N–H and O–H groups in total. The van der Waals surface area contributed by atoms with Crippen LogP contribution in [0.15, 0.2) is 77.6 Å². The van der Waals surface area contributed by atoms with Crippen LogP contribution in [0.5, 0.6) is 17.2 Å². The fraction of sp³-hybridized carbons (Fsp3) is 0.167. The molecular formula is C30H27N3O5S. The first-order chi connectivity index (χ1) is 18.9. The van der Waals surface area contributed by atoms with Crippen LogP contribution in [-0.4, -0.2) is 30.8 Å². The second kappa shape index (κ2) is 12.2. The molecule has 1 amide bonds. The average molecular weight is 542 g/mol. The van der Waals surface area contributed by atoms with Crippen molar-refractivity contribution in [3.63, 3.8) is 0 Å². The lowest BCUT2D eigenvalue weighted by molar-refractivity contribution is -0.111. The van der Waals surface area contributed by atoms with Gasteiger partial charge in [0.15, 0.2) is 17.1 Å². The summed E-state index contributed by atoms with van der Waals surface area (Å²) in [5.41, 5.74) is 1.07. The Morgan fingerprint density at radius 2 is 1.67 bits per heavy atom. The van der Waals surface area contributed by atoms with Gasteiger partial charge in [-0.15, -0.1) is 11.3 Å². The van der Waals surface area contributed by atoms with Gasteiger partial charge in [0.05, 0.1) is 36.2 Å². The van der Waals surface area contributed by atoms with Gasteiger partial charge in [-0.1, -0.05) is 36.4 Å². The predicted molar refractivity (Wildman–Crippen MR) is 152 cm³/mol.